The zero-order valence-corrected chi connectivity index (χ0v) is 17.9. The van der Waals surface area contributed by atoms with Gasteiger partial charge in [0.2, 0.25) is 11.8 Å². The molecule has 0 bridgehead atoms. The van der Waals surface area contributed by atoms with Crippen molar-refractivity contribution in [1.29, 1.82) is 0 Å². The first-order valence-corrected chi connectivity index (χ1v) is 11.3. The molecule has 162 valence electrons. The molecule has 3 heterocycles. The van der Waals surface area contributed by atoms with E-state index in [4.69, 9.17) is 0 Å². The van der Waals surface area contributed by atoms with Gasteiger partial charge in [-0.05, 0) is 50.8 Å². The molecule has 4 rings (SSSR count). The van der Waals surface area contributed by atoms with Gasteiger partial charge >= 0.3 is 0 Å². The van der Waals surface area contributed by atoms with Gasteiger partial charge < -0.3 is 14.7 Å². The zero-order valence-electron chi connectivity index (χ0n) is 17.9. The van der Waals surface area contributed by atoms with Crippen molar-refractivity contribution >= 4 is 23.4 Å². The fourth-order valence-corrected chi connectivity index (χ4v) is 4.76. The summed E-state index contributed by atoms with van der Waals surface area (Å²) in [7, 11) is 0. The van der Waals surface area contributed by atoms with Crippen molar-refractivity contribution in [2.24, 2.45) is 0 Å². The first-order chi connectivity index (χ1) is 14.5. The van der Waals surface area contributed by atoms with Gasteiger partial charge in [-0.1, -0.05) is 6.07 Å². The Hall–Kier alpha value is -2.41. The Morgan fingerprint density at radius 3 is 2.27 bits per heavy atom. The number of hydrogen-bond acceptors (Lipinski definition) is 4. The van der Waals surface area contributed by atoms with E-state index in [0.717, 1.165) is 44.6 Å². The van der Waals surface area contributed by atoms with Crippen LogP contribution in [0.5, 0.6) is 0 Å². The molecule has 3 aliphatic rings. The van der Waals surface area contributed by atoms with Gasteiger partial charge in [0.05, 0.1) is 6.04 Å². The van der Waals surface area contributed by atoms with Gasteiger partial charge in [-0.25, -0.2) is 0 Å². The summed E-state index contributed by atoms with van der Waals surface area (Å²) in [6.45, 7) is 7.10. The van der Waals surface area contributed by atoms with Crippen molar-refractivity contribution in [2.45, 2.75) is 45.1 Å². The number of carbonyl (C=O) groups is 3. The molecule has 0 aliphatic carbocycles. The van der Waals surface area contributed by atoms with Gasteiger partial charge in [0, 0.05) is 63.5 Å². The van der Waals surface area contributed by atoms with E-state index < -0.39 is 0 Å². The zero-order chi connectivity index (χ0) is 21.1. The van der Waals surface area contributed by atoms with Gasteiger partial charge in [0.25, 0.3) is 5.91 Å². The first-order valence-electron chi connectivity index (χ1n) is 11.3. The van der Waals surface area contributed by atoms with Crippen molar-refractivity contribution < 1.29 is 14.4 Å². The highest BCUT2D eigenvalue weighted by molar-refractivity contribution is 5.99. The SMILES string of the molecule is CC(C(=O)N1CCCCC1)N1CCN(C(=O)c2cccc(N3CCCC3=O)c2)CC1. The number of likely N-dealkylation sites (tertiary alicyclic amines) is 1. The molecule has 1 aromatic carbocycles. The Balaban J connectivity index is 1.34. The third-order valence-electron chi connectivity index (χ3n) is 6.65. The largest absolute Gasteiger partial charge is 0.341 e. The minimum absolute atomic E-state index is 0.00171. The van der Waals surface area contributed by atoms with E-state index in [0.29, 0.717) is 38.2 Å². The summed E-state index contributed by atoms with van der Waals surface area (Å²) in [6.07, 6.45) is 4.86. The summed E-state index contributed by atoms with van der Waals surface area (Å²) in [5.41, 5.74) is 1.43. The highest BCUT2D eigenvalue weighted by atomic mass is 16.2. The second-order valence-electron chi connectivity index (χ2n) is 8.59. The summed E-state index contributed by atoms with van der Waals surface area (Å²) in [4.78, 5) is 45.7. The topological polar surface area (TPSA) is 64.2 Å². The van der Waals surface area contributed by atoms with E-state index in [-0.39, 0.29) is 23.8 Å². The van der Waals surface area contributed by atoms with Crippen molar-refractivity contribution in [3.05, 3.63) is 29.8 Å². The summed E-state index contributed by atoms with van der Waals surface area (Å²) in [5.74, 6) is 0.344. The van der Waals surface area contributed by atoms with Crippen LogP contribution in [0.15, 0.2) is 24.3 Å². The summed E-state index contributed by atoms with van der Waals surface area (Å²) < 4.78 is 0. The number of piperidine rings is 1. The molecule has 0 radical (unpaired) electrons. The average Bonchev–Trinajstić information content (AvgIpc) is 3.24. The summed E-state index contributed by atoms with van der Waals surface area (Å²) in [5, 5.41) is 0. The van der Waals surface area contributed by atoms with Crippen molar-refractivity contribution in [3.8, 4) is 0 Å². The molecule has 0 N–H and O–H groups in total. The fourth-order valence-electron chi connectivity index (χ4n) is 4.76. The van der Waals surface area contributed by atoms with Gasteiger partial charge in [0.1, 0.15) is 0 Å². The highest BCUT2D eigenvalue weighted by Gasteiger charge is 2.31. The predicted molar refractivity (Wildman–Crippen MR) is 115 cm³/mol. The van der Waals surface area contributed by atoms with Gasteiger partial charge in [-0.3, -0.25) is 19.3 Å². The maximum Gasteiger partial charge on any atom is 0.254 e. The van der Waals surface area contributed by atoms with Gasteiger partial charge in [0.15, 0.2) is 0 Å². The van der Waals surface area contributed by atoms with Crippen LogP contribution in [0.25, 0.3) is 0 Å². The maximum atomic E-state index is 13.0. The van der Waals surface area contributed by atoms with Crippen LogP contribution in [0.1, 0.15) is 49.4 Å². The Labute approximate surface area is 178 Å². The van der Waals surface area contributed by atoms with E-state index in [2.05, 4.69) is 4.90 Å². The minimum atomic E-state index is -0.134. The first kappa shape index (κ1) is 20.8. The fraction of sp³-hybridized carbons (Fsp3) is 0.609. The van der Waals surface area contributed by atoms with Gasteiger partial charge in [-0.2, -0.15) is 0 Å². The lowest BCUT2D eigenvalue weighted by molar-refractivity contribution is -0.137. The van der Waals surface area contributed by atoms with E-state index in [1.807, 2.05) is 41.0 Å². The number of rotatable bonds is 4. The molecule has 3 fully saturated rings. The number of nitrogens with zero attached hydrogens (tertiary/aromatic N) is 4. The molecule has 7 nitrogen and oxygen atoms in total. The van der Waals surface area contributed by atoms with Crippen LogP contribution in [0.2, 0.25) is 0 Å². The quantitative estimate of drug-likeness (QED) is 0.759. The molecule has 30 heavy (non-hydrogen) atoms. The van der Waals surface area contributed by atoms with E-state index in [1.54, 1.807) is 4.90 Å². The Kier molecular flexibility index (Phi) is 6.37. The number of carbonyl (C=O) groups excluding carboxylic acids is 3. The van der Waals surface area contributed by atoms with Crippen molar-refractivity contribution in [2.75, 3.05) is 50.7 Å². The number of hydrogen-bond donors (Lipinski definition) is 0. The summed E-state index contributed by atoms with van der Waals surface area (Å²) in [6, 6.07) is 7.27. The molecule has 7 heteroatoms. The van der Waals surface area contributed by atoms with Crippen LogP contribution in [-0.2, 0) is 9.59 Å². The standard InChI is InChI=1S/C23H32N4O3/c1-18(22(29)25-10-3-2-4-11-25)24-13-15-26(16-14-24)23(30)19-7-5-8-20(17-19)27-12-6-9-21(27)28/h5,7-8,17-18H,2-4,6,9-16H2,1H3. The lowest BCUT2D eigenvalue weighted by Crippen LogP contribution is -2.56. The molecule has 3 amide bonds. The van der Waals surface area contributed by atoms with E-state index in [9.17, 15) is 14.4 Å². The number of amides is 3. The molecule has 1 atom stereocenters. The number of piperazine rings is 1. The molecular formula is C23H32N4O3. The molecule has 3 aliphatic heterocycles. The summed E-state index contributed by atoms with van der Waals surface area (Å²) >= 11 is 0. The van der Waals surface area contributed by atoms with Crippen LogP contribution in [0.3, 0.4) is 0 Å². The van der Waals surface area contributed by atoms with Crippen molar-refractivity contribution in [3.63, 3.8) is 0 Å². The van der Waals surface area contributed by atoms with E-state index >= 15 is 0 Å². The average molecular weight is 413 g/mol. The minimum Gasteiger partial charge on any atom is -0.341 e. The predicted octanol–water partition coefficient (Wildman–Crippen LogP) is 1.97. The Morgan fingerprint density at radius 2 is 1.60 bits per heavy atom. The molecule has 0 spiro atoms. The molecule has 1 aromatic rings. The maximum absolute atomic E-state index is 13.0. The second kappa shape index (κ2) is 9.16. The second-order valence-corrected chi connectivity index (χ2v) is 8.59. The Morgan fingerprint density at radius 1 is 0.867 bits per heavy atom. The molecule has 0 saturated carbocycles. The van der Waals surface area contributed by atoms with Crippen LogP contribution in [0, 0.1) is 0 Å². The number of benzene rings is 1. The lowest BCUT2D eigenvalue weighted by Gasteiger charge is -2.39. The van der Waals surface area contributed by atoms with Crippen molar-refractivity contribution in [1.82, 2.24) is 14.7 Å². The monoisotopic (exact) mass is 412 g/mol. The third kappa shape index (κ3) is 4.36. The molecule has 0 aromatic heterocycles. The van der Waals surface area contributed by atoms with Crippen LogP contribution < -0.4 is 4.90 Å². The smallest absolute Gasteiger partial charge is 0.254 e. The molecule has 3 saturated heterocycles. The number of anilines is 1. The highest BCUT2D eigenvalue weighted by Crippen LogP contribution is 2.23. The molecule has 1 unspecified atom stereocenters. The Bertz CT molecular complexity index is 797. The third-order valence-corrected chi connectivity index (χ3v) is 6.65. The van der Waals surface area contributed by atoms with E-state index in [1.165, 1.54) is 6.42 Å². The molecular weight excluding hydrogens is 380 g/mol. The van der Waals surface area contributed by atoms with Crippen LogP contribution in [-0.4, -0.2) is 84.3 Å². The van der Waals surface area contributed by atoms with Crippen LogP contribution in [0.4, 0.5) is 5.69 Å². The van der Waals surface area contributed by atoms with Gasteiger partial charge in [-0.15, -0.1) is 0 Å². The normalized spacial score (nSPS) is 21.8. The lowest BCUT2D eigenvalue weighted by atomic mass is 10.1. The van der Waals surface area contributed by atoms with Crippen LogP contribution >= 0.6 is 0 Å².